The highest BCUT2D eigenvalue weighted by Crippen LogP contribution is 2.10. The third kappa shape index (κ3) is 2.91. The van der Waals surface area contributed by atoms with E-state index in [4.69, 9.17) is 0 Å². The van der Waals surface area contributed by atoms with Gasteiger partial charge < -0.3 is 5.32 Å². The molecule has 86 valence electrons. The lowest BCUT2D eigenvalue weighted by atomic mass is 10.1. The van der Waals surface area contributed by atoms with E-state index in [1.807, 2.05) is 44.2 Å². The van der Waals surface area contributed by atoms with E-state index < -0.39 is 0 Å². The van der Waals surface area contributed by atoms with Crippen molar-refractivity contribution in [1.82, 2.24) is 4.98 Å². The molecule has 3 heteroatoms. The van der Waals surface area contributed by atoms with Crippen LogP contribution < -0.4 is 5.32 Å². The molecule has 3 nitrogen and oxygen atoms in total. The Bertz CT molecular complexity index is 532. The number of carbonyl (C=O) groups excluding carboxylic acids is 1. The molecule has 0 saturated carbocycles. The Balaban J connectivity index is 2.14. The van der Waals surface area contributed by atoms with Crippen LogP contribution in [0.1, 0.15) is 21.5 Å². The topological polar surface area (TPSA) is 42.0 Å². The van der Waals surface area contributed by atoms with Crippen LogP contribution in [0.15, 0.2) is 42.7 Å². The first kappa shape index (κ1) is 11.3. The second-order valence-corrected chi connectivity index (χ2v) is 4.07. The minimum Gasteiger partial charge on any atom is -0.321 e. The van der Waals surface area contributed by atoms with Gasteiger partial charge in [-0.1, -0.05) is 17.7 Å². The summed E-state index contributed by atoms with van der Waals surface area (Å²) in [5, 5.41) is 2.82. The molecular formula is C14H14N2O. The molecule has 0 aliphatic heterocycles. The molecule has 1 amide bonds. The Labute approximate surface area is 101 Å². The molecule has 17 heavy (non-hydrogen) atoms. The van der Waals surface area contributed by atoms with Crippen LogP contribution in [0.5, 0.6) is 0 Å². The predicted octanol–water partition coefficient (Wildman–Crippen LogP) is 2.95. The number of pyridine rings is 1. The quantitative estimate of drug-likeness (QED) is 0.855. The number of hydrogen-bond donors (Lipinski definition) is 1. The molecule has 0 radical (unpaired) electrons. The number of amides is 1. The van der Waals surface area contributed by atoms with Gasteiger partial charge in [0.2, 0.25) is 0 Å². The molecule has 0 aliphatic carbocycles. The van der Waals surface area contributed by atoms with Gasteiger partial charge in [0.05, 0.1) is 11.9 Å². The van der Waals surface area contributed by atoms with Gasteiger partial charge in [-0.25, -0.2) is 0 Å². The van der Waals surface area contributed by atoms with Gasteiger partial charge in [0.15, 0.2) is 0 Å². The molecule has 0 bridgehead atoms. The van der Waals surface area contributed by atoms with E-state index in [1.54, 1.807) is 12.4 Å². The second-order valence-electron chi connectivity index (χ2n) is 4.07. The zero-order chi connectivity index (χ0) is 12.3. The lowest BCUT2D eigenvalue weighted by Crippen LogP contribution is -2.11. The van der Waals surface area contributed by atoms with Crippen LogP contribution in [-0.4, -0.2) is 10.9 Å². The summed E-state index contributed by atoms with van der Waals surface area (Å²) < 4.78 is 0. The fraction of sp³-hybridized carbons (Fsp3) is 0.143. The molecule has 0 unspecified atom stereocenters. The maximum absolute atomic E-state index is 11.9. The summed E-state index contributed by atoms with van der Waals surface area (Å²) in [7, 11) is 0. The second kappa shape index (κ2) is 4.78. The molecule has 1 heterocycles. The third-order valence-electron chi connectivity index (χ3n) is 2.45. The molecule has 0 atom stereocenters. The summed E-state index contributed by atoms with van der Waals surface area (Å²) in [5.74, 6) is -0.114. The monoisotopic (exact) mass is 226 g/mol. The van der Waals surface area contributed by atoms with E-state index >= 15 is 0 Å². The van der Waals surface area contributed by atoms with E-state index in [0.717, 1.165) is 16.8 Å². The average molecular weight is 226 g/mol. The Morgan fingerprint density at radius 1 is 1.06 bits per heavy atom. The maximum atomic E-state index is 11.9. The van der Waals surface area contributed by atoms with Gasteiger partial charge in [0.25, 0.3) is 5.91 Å². The molecule has 2 aromatic rings. The fourth-order valence-electron chi connectivity index (χ4n) is 1.53. The van der Waals surface area contributed by atoms with Crippen LogP contribution in [0.2, 0.25) is 0 Å². The van der Waals surface area contributed by atoms with Crippen molar-refractivity contribution in [3.05, 3.63) is 59.4 Å². The van der Waals surface area contributed by atoms with Crippen LogP contribution in [-0.2, 0) is 0 Å². The summed E-state index contributed by atoms with van der Waals surface area (Å²) in [6.07, 6.45) is 3.39. The molecule has 2 rings (SSSR count). The van der Waals surface area contributed by atoms with Crippen LogP contribution >= 0.6 is 0 Å². The summed E-state index contributed by atoms with van der Waals surface area (Å²) >= 11 is 0. The summed E-state index contributed by atoms with van der Waals surface area (Å²) in [6, 6.07) is 9.35. The van der Waals surface area contributed by atoms with Crippen LogP contribution in [0.4, 0.5) is 5.69 Å². The van der Waals surface area contributed by atoms with E-state index in [0.29, 0.717) is 5.56 Å². The molecule has 0 spiro atoms. The Morgan fingerprint density at radius 3 is 2.41 bits per heavy atom. The number of hydrogen-bond acceptors (Lipinski definition) is 2. The van der Waals surface area contributed by atoms with Gasteiger partial charge in [0, 0.05) is 11.8 Å². The first-order valence-corrected chi connectivity index (χ1v) is 5.45. The Hall–Kier alpha value is -2.16. The average Bonchev–Trinajstić information content (AvgIpc) is 2.29. The van der Waals surface area contributed by atoms with E-state index in [-0.39, 0.29) is 5.91 Å². The van der Waals surface area contributed by atoms with E-state index in [1.165, 1.54) is 0 Å². The number of nitrogens with one attached hydrogen (secondary N) is 1. The molecule has 1 aromatic carbocycles. The first-order chi connectivity index (χ1) is 8.15. The Kier molecular flexibility index (Phi) is 3.19. The van der Waals surface area contributed by atoms with Crippen molar-refractivity contribution in [2.24, 2.45) is 0 Å². The molecule has 1 N–H and O–H groups in total. The van der Waals surface area contributed by atoms with Crippen molar-refractivity contribution in [2.75, 3.05) is 5.32 Å². The van der Waals surface area contributed by atoms with Gasteiger partial charge in [-0.05, 0) is 37.6 Å². The molecule has 0 aliphatic rings. The highest BCUT2D eigenvalue weighted by atomic mass is 16.1. The van der Waals surface area contributed by atoms with Crippen molar-refractivity contribution in [1.29, 1.82) is 0 Å². The van der Waals surface area contributed by atoms with Gasteiger partial charge >= 0.3 is 0 Å². The molecule has 0 fully saturated rings. The van der Waals surface area contributed by atoms with Crippen molar-refractivity contribution in [2.45, 2.75) is 13.8 Å². The van der Waals surface area contributed by atoms with Crippen LogP contribution in [0, 0.1) is 13.8 Å². The summed E-state index contributed by atoms with van der Waals surface area (Å²) in [5.41, 5.74) is 3.53. The number of aryl methyl sites for hydroxylation is 2. The third-order valence-corrected chi connectivity index (χ3v) is 2.45. The summed E-state index contributed by atoms with van der Waals surface area (Å²) in [6.45, 7) is 3.93. The van der Waals surface area contributed by atoms with Crippen LogP contribution in [0.25, 0.3) is 0 Å². The maximum Gasteiger partial charge on any atom is 0.255 e. The van der Waals surface area contributed by atoms with Gasteiger partial charge in [-0.15, -0.1) is 0 Å². The lowest BCUT2D eigenvalue weighted by molar-refractivity contribution is 0.102. The number of rotatable bonds is 2. The van der Waals surface area contributed by atoms with Gasteiger partial charge in [-0.2, -0.15) is 0 Å². The number of anilines is 1. The zero-order valence-corrected chi connectivity index (χ0v) is 9.90. The molecular weight excluding hydrogens is 212 g/mol. The molecule has 1 aromatic heterocycles. The first-order valence-electron chi connectivity index (χ1n) is 5.45. The fourth-order valence-corrected chi connectivity index (χ4v) is 1.53. The van der Waals surface area contributed by atoms with Crippen molar-refractivity contribution in [3.8, 4) is 0 Å². The SMILES string of the molecule is Cc1ccc(C(=O)Nc2cncc(C)c2)cc1. The van der Waals surface area contributed by atoms with E-state index in [9.17, 15) is 4.79 Å². The number of nitrogens with zero attached hydrogens (tertiary/aromatic N) is 1. The minimum atomic E-state index is -0.114. The zero-order valence-electron chi connectivity index (χ0n) is 9.90. The van der Waals surface area contributed by atoms with Crippen molar-refractivity contribution < 1.29 is 4.79 Å². The molecule has 0 saturated heterocycles. The van der Waals surface area contributed by atoms with Crippen molar-refractivity contribution >= 4 is 11.6 Å². The minimum absolute atomic E-state index is 0.114. The Morgan fingerprint density at radius 2 is 1.76 bits per heavy atom. The van der Waals surface area contributed by atoms with E-state index in [2.05, 4.69) is 10.3 Å². The number of benzene rings is 1. The van der Waals surface area contributed by atoms with Crippen molar-refractivity contribution in [3.63, 3.8) is 0 Å². The summed E-state index contributed by atoms with van der Waals surface area (Å²) in [4.78, 5) is 15.9. The number of carbonyl (C=O) groups is 1. The highest BCUT2D eigenvalue weighted by Gasteiger charge is 2.05. The van der Waals surface area contributed by atoms with Gasteiger partial charge in [-0.3, -0.25) is 9.78 Å². The number of aromatic nitrogens is 1. The highest BCUT2D eigenvalue weighted by molar-refractivity contribution is 6.04. The predicted molar refractivity (Wildman–Crippen MR) is 68.1 cm³/mol. The normalized spacial score (nSPS) is 10.0. The largest absolute Gasteiger partial charge is 0.321 e. The lowest BCUT2D eigenvalue weighted by Gasteiger charge is -2.05. The smallest absolute Gasteiger partial charge is 0.255 e. The van der Waals surface area contributed by atoms with Gasteiger partial charge in [0.1, 0.15) is 0 Å². The standard InChI is InChI=1S/C14H14N2O/c1-10-3-5-12(6-4-10)14(17)16-13-7-11(2)8-15-9-13/h3-9H,1-2H3,(H,16,17). The van der Waals surface area contributed by atoms with Crippen LogP contribution in [0.3, 0.4) is 0 Å².